The highest BCUT2D eigenvalue weighted by molar-refractivity contribution is 5.10. The fourth-order valence-electron chi connectivity index (χ4n) is 3.59. The maximum atomic E-state index is 3.70. The molecule has 1 N–H and O–H groups in total. The van der Waals surface area contributed by atoms with Crippen molar-refractivity contribution in [3.63, 3.8) is 0 Å². The van der Waals surface area contributed by atoms with Crippen LogP contribution < -0.4 is 5.32 Å². The van der Waals surface area contributed by atoms with Crippen molar-refractivity contribution < 1.29 is 0 Å². The molecule has 0 radical (unpaired) electrons. The molecule has 114 valence electrons. The summed E-state index contributed by atoms with van der Waals surface area (Å²) in [6.07, 6.45) is 9.83. The Kier molecular flexibility index (Phi) is 5.28. The molecule has 3 nitrogen and oxygen atoms in total. The van der Waals surface area contributed by atoms with Crippen LogP contribution in [0.25, 0.3) is 0 Å². The van der Waals surface area contributed by atoms with Crippen LogP contribution in [0.4, 0.5) is 0 Å². The molecule has 1 saturated carbocycles. The van der Waals surface area contributed by atoms with Crippen LogP contribution in [0.3, 0.4) is 0 Å². The standard InChI is InChI=1S/C17H31N3/c1-5-20-10-8-16(13-20)12-18-14-17(19(3)4)9-6-7-15(2)11-17/h8,10,13,15,18H,5-7,9,11-12,14H2,1-4H3. The Morgan fingerprint density at radius 1 is 1.45 bits per heavy atom. The third kappa shape index (κ3) is 3.64. The molecular weight excluding hydrogens is 246 g/mol. The first-order chi connectivity index (χ1) is 9.55. The topological polar surface area (TPSA) is 20.2 Å². The zero-order valence-corrected chi connectivity index (χ0v) is 13.7. The van der Waals surface area contributed by atoms with Crippen molar-refractivity contribution >= 4 is 0 Å². The molecule has 1 aromatic heterocycles. The van der Waals surface area contributed by atoms with Crippen LogP contribution in [0.5, 0.6) is 0 Å². The summed E-state index contributed by atoms with van der Waals surface area (Å²) in [5, 5.41) is 3.70. The van der Waals surface area contributed by atoms with E-state index in [0.29, 0.717) is 5.54 Å². The Morgan fingerprint density at radius 3 is 2.85 bits per heavy atom. The van der Waals surface area contributed by atoms with Gasteiger partial charge in [-0.1, -0.05) is 19.8 Å². The van der Waals surface area contributed by atoms with Gasteiger partial charge in [0.1, 0.15) is 0 Å². The molecule has 0 bridgehead atoms. The van der Waals surface area contributed by atoms with Crippen molar-refractivity contribution in [2.45, 2.75) is 58.2 Å². The second kappa shape index (κ2) is 6.77. The highest BCUT2D eigenvalue weighted by Gasteiger charge is 2.36. The second-order valence-corrected chi connectivity index (χ2v) is 6.77. The molecule has 1 aliphatic rings. The molecule has 1 heterocycles. The number of hydrogen-bond donors (Lipinski definition) is 1. The number of likely N-dealkylation sites (N-methyl/N-ethyl adjacent to an activating group) is 1. The Hall–Kier alpha value is -0.800. The summed E-state index contributed by atoms with van der Waals surface area (Å²) in [6.45, 7) is 7.72. The minimum atomic E-state index is 0.352. The molecule has 2 unspecified atom stereocenters. The van der Waals surface area contributed by atoms with Gasteiger partial charge in [0.2, 0.25) is 0 Å². The highest BCUT2D eigenvalue weighted by atomic mass is 15.2. The molecule has 2 rings (SSSR count). The average molecular weight is 277 g/mol. The van der Waals surface area contributed by atoms with Gasteiger partial charge in [0, 0.05) is 37.6 Å². The molecule has 0 aromatic carbocycles. The molecule has 0 saturated heterocycles. The summed E-state index contributed by atoms with van der Waals surface area (Å²) < 4.78 is 2.24. The van der Waals surface area contributed by atoms with Gasteiger partial charge in [-0.2, -0.15) is 0 Å². The minimum absolute atomic E-state index is 0.352. The van der Waals surface area contributed by atoms with E-state index in [0.717, 1.165) is 25.6 Å². The van der Waals surface area contributed by atoms with E-state index < -0.39 is 0 Å². The van der Waals surface area contributed by atoms with E-state index in [9.17, 15) is 0 Å². The van der Waals surface area contributed by atoms with Crippen LogP contribution in [0.15, 0.2) is 18.5 Å². The lowest BCUT2D eigenvalue weighted by atomic mass is 9.75. The van der Waals surface area contributed by atoms with E-state index in [4.69, 9.17) is 0 Å². The monoisotopic (exact) mass is 277 g/mol. The van der Waals surface area contributed by atoms with Crippen LogP contribution in [0, 0.1) is 5.92 Å². The van der Waals surface area contributed by atoms with Crippen molar-refractivity contribution in [2.75, 3.05) is 20.6 Å². The maximum absolute atomic E-state index is 3.70. The number of aryl methyl sites for hydroxylation is 1. The molecule has 1 aromatic rings. The van der Waals surface area contributed by atoms with Crippen molar-refractivity contribution in [3.05, 3.63) is 24.0 Å². The third-order valence-electron chi connectivity index (χ3n) is 4.98. The lowest BCUT2D eigenvalue weighted by Gasteiger charge is -2.45. The summed E-state index contributed by atoms with van der Waals surface area (Å²) in [5.74, 6) is 0.856. The molecule has 1 aliphatic carbocycles. The lowest BCUT2D eigenvalue weighted by Crippen LogP contribution is -2.54. The first-order valence-corrected chi connectivity index (χ1v) is 8.08. The maximum Gasteiger partial charge on any atom is 0.0330 e. The van der Waals surface area contributed by atoms with Crippen molar-refractivity contribution in [1.82, 2.24) is 14.8 Å². The van der Waals surface area contributed by atoms with Crippen LogP contribution in [-0.2, 0) is 13.1 Å². The smallest absolute Gasteiger partial charge is 0.0330 e. The van der Waals surface area contributed by atoms with Gasteiger partial charge < -0.3 is 14.8 Å². The molecule has 0 amide bonds. The van der Waals surface area contributed by atoms with E-state index in [1.807, 2.05) is 0 Å². The molecule has 0 aliphatic heterocycles. The van der Waals surface area contributed by atoms with Crippen LogP contribution in [-0.4, -0.2) is 35.6 Å². The van der Waals surface area contributed by atoms with Gasteiger partial charge in [0.25, 0.3) is 0 Å². The van der Waals surface area contributed by atoms with Gasteiger partial charge in [-0.15, -0.1) is 0 Å². The normalized spacial score (nSPS) is 27.1. The quantitative estimate of drug-likeness (QED) is 0.862. The Bertz CT molecular complexity index is 410. The van der Waals surface area contributed by atoms with Crippen molar-refractivity contribution in [3.8, 4) is 0 Å². The van der Waals surface area contributed by atoms with Gasteiger partial charge in [-0.25, -0.2) is 0 Å². The fourth-order valence-corrected chi connectivity index (χ4v) is 3.59. The molecule has 3 heteroatoms. The Labute approximate surface area is 124 Å². The third-order valence-corrected chi connectivity index (χ3v) is 4.98. The molecule has 1 fully saturated rings. The number of aromatic nitrogens is 1. The van der Waals surface area contributed by atoms with E-state index in [1.165, 1.54) is 31.2 Å². The summed E-state index contributed by atoms with van der Waals surface area (Å²) in [6, 6.07) is 2.22. The van der Waals surface area contributed by atoms with E-state index in [-0.39, 0.29) is 0 Å². The van der Waals surface area contributed by atoms with E-state index in [1.54, 1.807) is 0 Å². The van der Waals surface area contributed by atoms with Gasteiger partial charge in [0.05, 0.1) is 0 Å². The SMILES string of the molecule is CCn1ccc(CNCC2(N(C)C)CCCC(C)C2)c1. The van der Waals surface area contributed by atoms with Gasteiger partial charge in [-0.3, -0.25) is 0 Å². The van der Waals surface area contributed by atoms with Crippen LogP contribution >= 0.6 is 0 Å². The second-order valence-electron chi connectivity index (χ2n) is 6.77. The van der Waals surface area contributed by atoms with E-state index in [2.05, 4.69) is 61.2 Å². The van der Waals surface area contributed by atoms with Gasteiger partial charge in [0.15, 0.2) is 0 Å². The molecule has 20 heavy (non-hydrogen) atoms. The summed E-state index contributed by atoms with van der Waals surface area (Å²) in [4.78, 5) is 2.45. The zero-order chi connectivity index (χ0) is 14.6. The first-order valence-electron chi connectivity index (χ1n) is 8.08. The summed E-state index contributed by atoms with van der Waals surface area (Å²) in [7, 11) is 4.49. The van der Waals surface area contributed by atoms with Gasteiger partial charge >= 0.3 is 0 Å². The number of rotatable bonds is 6. The summed E-state index contributed by atoms with van der Waals surface area (Å²) >= 11 is 0. The first kappa shape index (κ1) is 15.6. The van der Waals surface area contributed by atoms with Crippen molar-refractivity contribution in [1.29, 1.82) is 0 Å². The van der Waals surface area contributed by atoms with Crippen LogP contribution in [0.2, 0.25) is 0 Å². The fraction of sp³-hybridized carbons (Fsp3) is 0.765. The largest absolute Gasteiger partial charge is 0.354 e. The number of nitrogens with zero attached hydrogens (tertiary/aromatic N) is 2. The number of hydrogen-bond acceptors (Lipinski definition) is 2. The van der Waals surface area contributed by atoms with Gasteiger partial charge in [-0.05, 0) is 51.4 Å². The Morgan fingerprint density at radius 2 is 2.25 bits per heavy atom. The number of nitrogens with one attached hydrogen (secondary N) is 1. The molecule has 2 atom stereocenters. The highest BCUT2D eigenvalue weighted by Crippen LogP contribution is 2.35. The summed E-state index contributed by atoms with van der Waals surface area (Å²) in [5.41, 5.74) is 1.75. The predicted molar refractivity (Wildman–Crippen MR) is 85.9 cm³/mol. The van der Waals surface area contributed by atoms with Crippen molar-refractivity contribution in [2.24, 2.45) is 5.92 Å². The zero-order valence-electron chi connectivity index (χ0n) is 13.7. The molecular formula is C17H31N3. The predicted octanol–water partition coefficient (Wildman–Crippen LogP) is 3.11. The molecule has 0 spiro atoms. The Balaban J connectivity index is 1.89. The average Bonchev–Trinajstić information content (AvgIpc) is 2.86. The minimum Gasteiger partial charge on any atom is -0.354 e. The lowest BCUT2D eigenvalue weighted by molar-refractivity contribution is 0.0749. The van der Waals surface area contributed by atoms with Crippen LogP contribution in [0.1, 0.15) is 45.1 Å². The van der Waals surface area contributed by atoms with E-state index >= 15 is 0 Å².